The number of rotatable bonds is 8. The number of halogens is 1. The Morgan fingerprint density at radius 2 is 1.69 bits per heavy atom. The molecule has 0 radical (unpaired) electrons. The van der Waals surface area contributed by atoms with Crippen LogP contribution in [-0.2, 0) is 0 Å². The number of aliphatic hydroxyl groups excluding tert-OH is 1. The van der Waals surface area contributed by atoms with Crippen LogP contribution in [-0.4, -0.2) is 36.5 Å². The van der Waals surface area contributed by atoms with Gasteiger partial charge in [-0.3, -0.25) is 5.32 Å². The number of hydrogen-bond donors (Lipinski definition) is 3. The van der Waals surface area contributed by atoms with Crippen molar-refractivity contribution < 1.29 is 19.4 Å². The van der Waals surface area contributed by atoms with Gasteiger partial charge in [0.15, 0.2) is 0 Å². The summed E-state index contributed by atoms with van der Waals surface area (Å²) < 4.78 is 10.7. The normalized spacial score (nSPS) is 11.4. The van der Waals surface area contributed by atoms with Crippen molar-refractivity contribution >= 4 is 24.2 Å². The van der Waals surface area contributed by atoms with Gasteiger partial charge in [0.2, 0.25) is 0 Å². The number of aliphatic hydroxyl groups is 1. The zero-order valence-corrected chi connectivity index (χ0v) is 15.7. The van der Waals surface area contributed by atoms with E-state index in [1.165, 1.54) is 0 Å². The summed E-state index contributed by atoms with van der Waals surface area (Å²) in [4.78, 5) is 11.8. The number of amides is 1. The molecule has 0 saturated carbocycles. The van der Waals surface area contributed by atoms with Crippen LogP contribution < -0.4 is 20.1 Å². The molecule has 2 aromatic rings. The Kier molecular flexibility index (Phi) is 9.51. The number of hydrogen-bond acceptors (Lipinski definition) is 5. The molecule has 1 amide bonds. The van der Waals surface area contributed by atoms with E-state index in [1.807, 2.05) is 19.9 Å². The zero-order valence-electron chi connectivity index (χ0n) is 14.8. The van der Waals surface area contributed by atoms with Crippen LogP contribution in [0.1, 0.15) is 13.8 Å². The molecule has 7 heteroatoms. The van der Waals surface area contributed by atoms with Gasteiger partial charge >= 0.3 is 6.09 Å². The molecule has 0 aromatic heterocycles. The summed E-state index contributed by atoms with van der Waals surface area (Å²) in [7, 11) is 0. The highest BCUT2D eigenvalue weighted by molar-refractivity contribution is 5.86. The van der Waals surface area contributed by atoms with Gasteiger partial charge in [0, 0.05) is 18.3 Å². The van der Waals surface area contributed by atoms with Gasteiger partial charge in [0.1, 0.15) is 24.2 Å². The minimum Gasteiger partial charge on any atom is -0.491 e. The summed E-state index contributed by atoms with van der Waals surface area (Å²) in [5.74, 6) is 1.09. The number of carbonyl (C=O) groups excluding carboxylic acids is 1. The van der Waals surface area contributed by atoms with Gasteiger partial charge < -0.3 is 19.9 Å². The smallest absolute Gasteiger partial charge is 0.417 e. The molecule has 6 nitrogen and oxygen atoms in total. The second kappa shape index (κ2) is 11.4. The topological polar surface area (TPSA) is 79.8 Å². The molecule has 0 bridgehead atoms. The van der Waals surface area contributed by atoms with Gasteiger partial charge in [0.05, 0.1) is 0 Å². The van der Waals surface area contributed by atoms with Gasteiger partial charge in [-0.2, -0.15) is 0 Å². The van der Waals surface area contributed by atoms with Crippen molar-refractivity contribution in [1.82, 2.24) is 5.32 Å². The van der Waals surface area contributed by atoms with Crippen LogP contribution in [0.2, 0.25) is 0 Å². The van der Waals surface area contributed by atoms with Crippen molar-refractivity contribution in [3.05, 3.63) is 54.6 Å². The zero-order chi connectivity index (χ0) is 18.1. The molecule has 1 atom stereocenters. The van der Waals surface area contributed by atoms with Crippen LogP contribution in [0.4, 0.5) is 10.5 Å². The number of ether oxygens (including phenoxy) is 2. The first-order valence-corrected chi connectivity index (χ1v) is 8.21. The van der Waals surface area contributed by atoms with E-state index in [2.05, 4.69) is 10.6 Å². The summed E-state index contributed by atoms with van der Waals surface area (Å²) in [6.07, 6.45) is -1.14. The molecule has 0 aliphatic carbocycles. The maximum atomic E-state index is 11.8. The van der Waals surface area contributed by atoms with Crippen LogP contribution >= 0.6 is 12.4 Å². The van der Waals surface area contributed by atoms with Crippen LogP contribution in [0.25, 0.3) is 0 Å². The molecular formula is C19H25ClN2O4. The van der Waals surface area contributed by atoms with E-state index in [4.69, 9.17) is 9.47 Å². The number of carbonyl (C=O) groups is 1. The Balaban J connectivity index is 0.00000338. The van der Waals surface area contributed by atoms with E-state index in [0.29, 0.717) is 29.8 Å². The molecule has 26 heavy (non-hydrogen) atoms. The average molecular weight is 381 g/mol. The van der Waals surface area contributed by atoms with Crippen molar-refractivity contribution in [2.75, 3.05) is 18.5 Å². The standard InChI is InChI=1S/C19H24N2O4.ClH/c1-14(2)20-12-16(22)13-24-17-10-8-15(9-11-17)21-19(23)25-18-6-4-3-5-7-18;/h3-11,14,16,20,22H,12-13H2,1-2H3,(H,21,23);1H. The lowest BCUT2D eigenvalue weighted by Crippen LogP contribution is -2.35. The minimum absolute atomic E-state index is 0. The summed E-state index contributed by atoms with van der Waals surface area (Å²) in [6, 6.07) is 16.0. The maximum Gasteiger partial charge on any atom is 0.417 e. The summed E-state index contributed by atoms with van der Waals surface area (Å²) in [6.45, 7) is 4.70. The Bertz CT molecular complexity index is 650. The molecule has 3 N–H and O–H groups in total. The van der Waals surface area contributed by atoms with Gasteiger partial charge in [0.25, 0.3) is 0 Å². The fraction of sp³-hybridized carbons (Fsp3) is 0.316. The number of benzene rings is 2. The quantitative estimate of drug-likeness (QED) is 0.653. The third kappa shape index (κ3) is 8.20. The summed E-state index contributed by atoms with van der Waals surface area (Å²) >= 11 is 0. The van der Waals surface area contributed by atoms with Crippen LogP contribution in [0, 0.1) is 0 Å². The summed E-state index contributed by atoms with van der Waals surface area (Å²) in [5, 5.41) is 15.6. The molecule has 0 fully saturated rings. The second-order valence-electron chi connectivity index (χ2n) is 5.88. The van der Waals surface area contributed by atoms with E-state index in [1.54, 1.807) is 48.5 Å². The predicted molar refractivity (Wildman–Crippen MR) is 104 cm³/mol. The highest BCUT2D eigenvalue weighted by Gasteiger charge is 2.07. The lowest BCUT2D eigenvalue weighted by Gasteiger charge is -2.15. The molecule has 0 aliphatic heterocycles. The largest absolute Gasteiger partial charge is 0.491 e. The Labute approximate surface area is 159 Å². The predicted octanol–water partition coefficient (Wildman–Crippen LogP) is 3.46. The first-order chi connectivity index (χ1) is 12.0. The Hall–Kier alpha value is -2.28. The molecule has 0 spiro atoms. The van der Waals surface area contributed by atoms with Crippen molar-refractivity contribution in [3.8, 4) is 11.5 Å². The lowest BCUT2D eigenvalue weighted by molar-refractivity contribution is 0.104. The number of para-hydroxylation sites is 1. The van der Waals surface area contributed by atoms with Gasteiger partial charge in [-0.25, -0.2) is 4.79 Å². The highest BCUT2D eigenvalue weighted by Crippen LogP contribution is 2.17. The van der Waals surface area contributed by atoms with E-state index in [9.17, 15) is 9.90 Å². The molecule has 142 valence electrons. The lowest BCUT2D eigenvalue weighted by atomic mass is 10.3. The van der Waals surface area contributed by atoms with E-state index >= 15 is 0 Å². The number of nitrogens with one attached hydrogen (secondary N) is 2. The van der Waals surface area contributed by atoms with Crippen LogP contribution in [0.5, 0.6) is 11.5 Å². The third-order valence-corrected chi connectivity index (χ3v) is 3.26. The molecule has 2 rings (SSSR count). The molecular weight excluding hydrogens is 356 g/mol. The number of anilines is 1. The molecule has 1 unspecified atom stereocenters. The van der Waals surface area contributed by atoms with Crippen molar-refractivity contribution in [1.29, 1.82) is 0 Å². The summed E-state index contributed by atoms with van der Waals surface area (Å²) in [5.41, 5.74) is 0.593. The fourth-order valence-electron chi connectivity index (χ4n) is 2.00. The van der Waals surface area contributed by atoms with Crippen LogP contribution in [0.15, 0.2) is 54.6 Å². The molecule has 0 heterocycles. The van der Waals surface area contributed by atoms with Crippen LogP contribution in [0.3, 0.4) is 0 Å². The Morgan fingerprint density at radius 1 is 1.04 bits per heavy atom. The van der Waals surface area contributed by atoms with Crippen molar-refractivity contribution in [2.24, 2.45) is 0 Å². The first-order valence-electron chi connectivity index (χ1n) is 8.21. The Morgan fingerprint density at radius 3 is 2.31 bits per heavy atom. The van der Waals surface area contributed by atoms with Gasteiger partial charge in [-0.15, -0.1) is 12.4 Å². The first kappa shape index (κ1) is 21.8. The van der Waals surface area contributed by atoms with Gasteiger partial charge in [-0.05, 0) is 36.4 Å². The monoisotopic (exact) mass is 380 g/mol. The van der Waals surface area contributed by atoms with E-state index in [0.717, 1.165) is 0 Å². The third-order valence-electron chi connectivity index (χ3n) is 3.26. The van der Waals surface area contributed by atoms with Crippen molar-refractivity contribution in [3.63, 3.8) is 0 Å². The van der Waals surface area contributed by atoms with E-state index in [-0.39, 0.29) is 19.0 Å². The highest BCUT2D eigenvalue weighted by atomic mass is 35.5. The SMILES string of the molecule is CC(C)NCC(O)COc1ccc(NC(=O)Oc2ccccc2)cc1.Cl. The molecule has 0 saturated heterocycles. The minimum atomic E-state index is -0.582. The van der Waals surface area contributed by atoms with Gasteiger partial charge in [-0.1, -0.05) is 32.0 Å². The molecule has 0 aliphatic rings. The van der Waals surface area contributed by atoms with E-state index < -0.39 is 12.2 Å². The average Bonchev–Trinajstić information content (AvgIpc) is 2.60. The molecule has 2 aromatic carbocycles. The fourth-order valence-corrected chi connectivity index (χ4v) is 2.00. The second-order valence-corrected chi connectivity index (χ2v) is 5.88. The maximum absolute atomic E-state index is 11.8. The van der Waals surface area contributed by atoms with Crippen molar-refractivity contribution in [2.45, 2.75) is 26.0 Å².